The lowest BCUT2D eigenvalue weighted by Gasteiger charge is -2.09. The van der Waals surface area contributed by atoms with Gasteiger partial charge in [0.2, 0.25) is 0 Å². The molecular weight excluding hydrogens is 276 g/mol. The summed E-state index contributed by atoms with van der Waals surface area (Å²) in [6.07, 6.45) is 0. The van der Waals surface area contributed by atoms with Crippen LogP contribution in [-0.4, -0.2) is 28.3 Å². The maximum Gasteiger partial charge on any atom is 0.272 e. The van der Waals surface area contributed by atoms with Gasteiger partial charge in [-0.3, -0.25) is 4.79 Å². The fourth-order valence-corrected chi connectivity index (χ4v) is 1.77. The Morgan fingerprint density at radius 3 is 2.65 bits per heavy atom. The number of rotatable bonds is 4. The average molecular weight is 295 g/mol. The van der Waals surface area contributed by atoms with Crippen LogP contribution in [0.3, 0.4) is 0 Å². The molecule has 0 aliphatic heterocycles. The van der Waals surface area contributed by atoms with Gasteiger partial charge in [0.15, 0.2) is 5.69 Å². The first-order valence-corrected chi connectivity index (χ1v) is 6.25. The van der Waals surface area contributed by atoms with Crippen molar-refractivity contribution in [1.82, 2.24) is 15.1 Å². The number of carbonyl (C=O) groups excluding carboxylic acids is 1. The van der Waals surface area contributed by atoms with E-state index < -0.39 is 0 Å². The molecule has 1 heterocycles. The first kappa shape index (κ1) is 16.2. The number of amides is 1. The SMILES string of the molecule is Cc1cc(C(=O)N[C@@H](C)CN)nn1-c1ccccc1.Cl. The van der Waals surface area contributed by atoms with Crippen molar-refractivity contribution < 1.29 is 4.79 Å². The van der Waals surface area contributed by atoms with Crippen LogP contribution in [0.4, 0.5) is 0 Å². The van der Waals surface area contributed by atoms with Gasteiger partial charge in [-0.2, -0.15) is 5.10 Å². The van der Waals surface area contributed by atoms with Crippen LogP contribution in [0, 0.1) is 6.92 Å². The number of carbonyl (C=O) groups is 1. The van der Waals surface area contributed by atoms with Gasteiger partial charge in [0.25, 0.3) is 5.91 Å². The third kappa shape index (κ3) is 3.59. The molecule has 0 spiro atoms. The maximum absolute atomic E-state index is 12.0. The lowest BCUT2D eigenvalue weighted by Crippen LogP contribution is -2.38. The molecule has 1 aromatic carbocycles. The number of nitrogens with two attached hydrogens (primary N) is 1. The highest BCUT2D eigenvalue weighted by Gasteiger charge is 2.14. The minimum absolute atomic E-state index is 0. The van der Waals surface area contributed by atoms with Gasteiger partial charge in [-0.05, 0) is 32.0 Å². The molecule has 0 bridgehead atoms. The van der Waals surface area contributed by atoms with Crippen LogP contribution in [0.25, 0.3) is 5.69 Å². The van der Waals surface area contributed by atoms with E-state index in [1.54, 1.807) is 10.7 Å². The molecule has 20 heavy (non-hydrogen) atoms. The van der Waals surface area contributed by atoms with E-state index in [1.807, 2.05) is 44.2 Å². The summed E-state index contributed by atoms with van der Waals surface area (Å²) < 4.78 is 1.75. The molecule has 0 saturated heterocycles. The summed E-state index contributed by atoms with van der Waals surface area (Å²) in [6, 6.07) is 11.4. The Bertz CT molecular complexity index is 568. The summed E-state index contributed by atoms with van der Waals surface area (Å²) in [5, 5.41) is 7.13. The predicted molar refractivity (Wildman–Crippen MR) is 81.5 cm³/mol. The second kappa shape index (κ2) is 7.07. The third-order valence-corrected chi connectivity index (χ3v) is 2.85. The Balaban J connectivity index is 0.00000200. The largest absolute Gasteiger partial charge is 0.347 e. The first-order chi connectivity index (χ1) is 9.11. The van der Waals surface area contributed by atoms with Crippen molar-refractivity contribution >= 4 is 18.3 Å². The van der Waals surface area contributed by atoms with Gasteiger partial charge in [-0.25, -0.2) is 4.68 Å². The number of halogens is 1. The summed E-state index contributed by atoms with van der Waals surface area (Å²) in [7, 11) is 0. The number of hydrogen-bond acceptors (Lipinski definition) is 3. The fraction of sp³-hybridized carbons (Fsp3) is 0.286. The zero-order valence-electron chi connectivity index (χ0n) is 11.5. The van der Waals surface area contributed by atoms with Crippen LogP contribution in [0.2, 0.25) is 0 Å². The minimum atomic E-state index is -0.198. The van der Waals surface area contributed by atoms with Gasteiger partial charge in [-0.1, -0.05) is 18.2 Å². The van der Waals surface area contributed by atoms with Crippen molar-refractivity contribution in [3.05, 3.63) is 47.8 Å². The second-order valence-electron chi connectivity index (χ2n) is 4.53. The highest BCUT2D eigenvalue weighted by atomic mass is 35.5. The van der Waals surface area contributed by atoms with Crippen LogP contribution in [0.1, 0.15) is 23.1 Å². The molecule has 0 unspecified atom stereocenters. The Labute approximate surface area is 124 Å². The topological polar surface area (TPSA) is 72.9 Å². The molecule has 6 heteroatoms. The molecule has 0 fully saturated rings. The molecule has 0 aliphatic carbocycles. The van der Waals surface area contributed by atoms with Crippen LogP contribution in [-0.2, 0) is 0 Å². The highest BCUT2D eigenvalue weighted by molar-refractivity contribution is 5.92. The molecular formula is C14H19ClN4O. The summed E-state index contributed by atoms with van der Waals surface area (Å²) in [6.45, 7) is 4.19. The smallest absolute Gasteiger partial charge is 0.272 e. The van der Waals surface area contributed by atoms with Crippen molar-refractivity contribution in [2.24, 2.45) is 5.73 Å². The van der Waals surface area contributed by atoms with Gasteiger partial charge >= 0.3 is 0 Å². The van der Waals surface area contributed by atoms with E-state index in [9.17, 15) is 4.79 Å². The number of para-hydroxylation sites is 1. The van der Waals surface area contributed by atoms with E-state index in [0.29, 0.717) is 12.2 Å². The van der Waals surface area contributed by atoms with Gasteiger partial charge in [0.1, 0.15) is 0 Å². The minimum Gasteiger partial charge on any atom is -0.347 e. The normalized spacial score (nSPS) is 11.6. The van der Waals surface area contributed by atoms with Crippen molar-refractivity contribution in [3.8, 4) is 5.69 Å². The zero-order chi connectivity index (χ0) is 13.8. The molecule has 2 aromatic rings. The molecule has 0 aliphatic rings. The quantitative estimate of drug-likeness (QED) is 0.901. The van der Waals surface area contributed by atoms with Gasteiger partial charge in [0.05, 0.1) is 5.69 Å². The molecule has 1 amide bonds. The molecule has 108 valence electrons. The van der Waals surface area contributed by atoms with Crippen LogP contribution in [0.5, 0.6) is 0 Å². The molecule has 5 nitrogen and oxygen atoms in total. The Morgan fingerprint density at radius 2 is 2.05 bits per heavy atom. The van der Waals surface area contributed by atoms with Crippen molar-refractivity contribution in [3.63, 3.8) is 0 Å². The van der Waals surface area contributed by atoms with Gasteiger partial charge in [-0.15, -0.1) is 12.4 Å². The summed E-state index contributed by atoms with van der Waals surface area (Å²) >= 11 is 0. The Hall–Kier alpha value is -1.85. The fourth-order valence-electron chi connectivity index (χ4n) is 1.77. The van der Waals surface area contributed by atoms with E-state index in [2.05, 4.69) is 10.4 Å². The van der Waals surface area contributed by atoms with E-state index in [-0.39, 0.29) is 24.4 Å². The van der Waals surface area contributed by atoms with E-state index >= 15 is 0 Å². The molecule has 0 radical (unpaired) electrons. The zero-order valence-corrected chi connectivity index (χ0v) is 12.4. The van der Waals surface area contributed by atoms with E-state index in [1.165, 1.54) is 0 Å². The number of nitrogens with zero attached hydrogens (tertiary/aromatic N) is 2. The average Bonchev–Trinajstić information content (AvgIpc) is 2.82. The maximum atomic E-state index is 12.0. The molecule has 1 aromatic heterocycles. The van der Waals surface area contributed by atoms with Crippen molar-refractivity contribution in [2.75, 3.05) is 6.54 Å². The van der Waals surface area contributed by atoms with Crippen LogP contribution >= 0.6 is 12.4 Å². The summed E-state index contributed by atoms with van der Waals surface area (Å²) in [5.41, 5.74) is 7.74. The second-order valence-corrected chi connectivity index (χ2v) is 4.53. The molecule has 2 rings (SSSR count). The number of hydrogen-bond donors (Lipinski definition) is 2. The first-order valence-electron chi connectivity index (χ1n) is 6.25. The van der Waals surface area contributed by atoms with Crippen LogP contribution < -0.4 is 11.1 Å². The molecule has 1 atom stereocenters. The monoisotopic (exact) mass is 294 g/mol. The third-order valence-electron chi connectivity index (χ3n) is 2.85. The number of aryl methyl sites for hydroxylation is 1. The Kier molecular flexibility index (Phi) is 5.73. The predicted octanol–water partition coefficient (Wildman–Crippen LogP) is 1.68. The number of benzene rings is 1. The van der Waals surface area contributed by atoms with E-state index in [4.69, 9.17) is 5.73 Å². The molecule has 0 saturated carbocycles. The number of nitrogens with one attached hydrogen (secondary N) is 1. The van der Waals surface area contributed by atoms with Gasteiger partial charge in [0, 0.05) is 18.3 Å². The van der Waals surface area contributed by atoms with Crippen molar-refractivity contribution in [2.45, 2.75) is 19.9 Å². The van der Waals surface area contributed by atoms with Crippen molar-refractivity contribution in [1.29, 1.82) is 0 Å². The standard InChI is InChI=1S/C14H18N4O.ClH/c1-10(9-15)16-14(19)13-8-11(2)18(17-13)12-6-4-3-5-7-12;/h3-8,10H,9,15H2,1-2H3,(H,16,19);1H/t10-;/m0./s1. The Morgan fingerprint density at radius 1 is 1.40 bits per heavy atom. The molecule has 3 N–H and O–H groups in total. The number of aromatic nitrogens is 2. The summed E-state index contributed by atoms with van der Waals surface area (Å²) in [5.74, 6) is -0.198. The van der Waals surface area contributed by atoms with Crippen LogP contribution in [0.15, 0.2) is 36.4 Å². The summed E-state index contributed by atoms with van der Waals surface area (Å²) in [4.78, 5) is 12.0. The van der Waals surface area contributed by atoms with E-state index in [0.717, 1.165) is 11.4 Å². The lowest BCUT2D eigenvalue weighted by atomic mass is 10.3. The van der Waals surface area contributed by atoms with Gasteiger partial charge < -0.3 is 11.1 Å². The highest BCUT2D eigenvalue weighted by Crippen LogP contribution is 2.11. The lowest BCUT2D eigenvalue weighted by molar-refractivity contribution is 0.0936.